The molecule has 0 saturated carbocycles. The van der Waals surface area contributed by atoms with Gasteiger partial charge in [-0.1, -0.05) is 48.9 Å². The summed E-state index contributed by atoms with van der Waals surface area (Å²) in [5, 5.41) is 4.57. The maximum absolute atomic E-state index is 12.5. The van der Waals surface area contributed by atoms with Crippen LogP contribution in [0, 0.1) is 6.92 Å². The number of hydrogen-bond acceptors (Lipinski definition) is 3. The number of fused-ring (bicyclic) bond motifs is 1. The predicted octanol–water partition coefficient (Wildman–Crippen LogP) is 5.77. The van der Waals surface area contributed by atoms with Crippen LogP contribution in [0.25, 0.3) is 22.0 Å². The van der Waals surface area contributed by atoms with Gasteiger partial charge in [0, 0.05) is 22.8 Å². The Morgan fingerprint density at radius 3 is 2.47 bits per heavy atom. The van der Waals surface area contributed by atoms with Gasteiger partial charge in [-0.05, 0) is 59.5 Å². The molecule has 0 spiro atoms. The lowest BCUT2D eigenvalue weighted by atomic mass is 9.97. The second-order valence-electron chi connectivity index (χ2n) is 7.67. The van der Waals surface area contributed by atoms with Gasteiger partial charge in [0.1, 0.15) is 0 Å². The Balaban J connectivity index is 1.50. The van der Waals surface area contributed by atoms with Crippen molar-refractivity contribution in [2.45, 2.75) is 25.2 Å². The van der Waals surface area contributed by atoms with Gasteiger partial charge in [-0.3, -0.25) is 4.79 Å². The third-order valence-corrected chi connectivity index (χ3v) is 7.53. The van der Waals surface area contributed by atoms with Crippen LogP contribution in [0.5, 0.6) is 0 Å². The average molecular weight is 467 g/mol. The van der Waals surface area contributed by atoms with E-state index >= 15 is 0 Å². The van der Waals surface area contributed by atoms with Crippen molar-refractivity contribution in [3.8, 4) is 11.1 Å². The summed E-state index contributed by atoms with van der Waals surface area (Å²) in [6.45, 7) is 3.61. The van der Waals surface area contributed by atoms with Gasteiger partial charge >= 0.3 is 0 Å². The van der Waals surface area contributed by atoms with Gasteiger partial charge < -0.3 is 10.3 Å². The molecule has 164 valence electrons. The Kier molecular flexibility index (Phi) is 6.09. The minimum absolute atomic E-state index is 0.0486. The first-order valence-electron chi connectivity index (χ1n) is 10.3. The number of benzene rings is 3. The second-order valence-corrected chi connectivity index (χ2v) is 10.4. The molecular formula is C25H23ClN2O3S. The normalized spacial score (nSPS) is 11.6. The summed E-state index contributed by atoms with van der Waals surface area (Å²) in [5.41, 5.74) is 5.52. The fraction of sp³-hybridized carbons (Fsp3) is 0.160. The van der Waals surface area contributed by atoms with E-state index in [1.807, 2.05) is 43.3 Å². The molecule has 7 heteroatoms. The maximum atomic E-state index is 12.5. The molecule has 0 radical (unpaired) electrons. The summed E-state index contributed by atoms with van der Waals surface area (Å²) in [6.07, 6.45) is 1.94. The number of hydrogen-bond donors (Lipinski definition) is 2. The van der Waals surface area contributed by atoms with Crippen LogP contribution in [-0.4, -0.2) is 25.1 Å². The van der Waals surface area contributed by atoms with Crippen LogP contribution in [0.15, 0.2) is 71.8 Å². The number of sulfone groups is 1. The van der Waals surface area contributed by atoms with Crippen LogP contribution in [-0.2, 0) is 21.1 Å². The number of aryl methyl sites for hydroxylation is 1. The molecule has 2 N–H and O–H groups in total. The largest absolute Gasteiger partial charge is 0.360 e. The molecule has 1 heterocycles. The average Bonchev–Trinajstić information content (AvgIpc) is 3.15. The molecular weight excluding hydrogens is 444 g/mol. The van der Waals surface area contributed by atoms with Gasteiger partial charge in [0.25, 0.3) is 0 Å². The Labute approximate surface area is 192 Å². The number of amides is 1. The van der Waals surface area contributed by atoms with E-state index < -0.39 is 9.84 Å². The fourth-order valence-corrected chi connectivity index (χ4v) is 4.93. The number of halogens is 1. The van der Waals surface area contributed by atoms with E-state index in [9.17, 15) is 13.2 Å². The zero-order valence-corrected chi connectivity index (χ0v) is 19.3. The summed E-state index contributed by atoms with van der Waals surface area (Å²) in [4.78, 5) is 16.0. The molecule has 0 bridgehead atoms. The third-order valence-electron chi connectivity index (χ3n) is 5.49. The van der Waals surface area contributed by atoms with Gasteiger partial charge in [-0.25, -0.2) is 8.42 Å². The van der Waals surface area contributed by atoms with Crippen LogP contribution in [0.2, 0.25) is 5.02 Å². The highest BCUT2D eigenvalue weighted by Crippen LogP contribution is 2.35. The lowest BCUT2D eigenvalue weighted by Crippen LogP contribution is -2.14. The second kappa shape index (κ2) is 8.81. The molecule has 4 rings (SSSR count). The van der Waals surface area contributed by atoms with E-state index in [1.165, 1.54) is 0 Å². The molecule has 0 aliphatic rings. The Bertz CT molecular complexity index is 1410. The van der Waals surface area contributed by atoms with Gasteiger partial charge in [0.05, 0.1) is 22.1 Å². The Morgan fingerprint density at radius 2 is 1.78 bits per heavy atom. The van der Waals surface area contributed by atoms with E-state index in [0.29, 0.717) is 10.7 Å². The van der Waals surface area contributed by atoms with Crippen molar-refractivity contribution in [3.63, 3.8) is 0 Å². The molecule has 4 aromatic rings. The Hall–Kier alpha value is -3.09. The van der Waals surface area contributed by atoms with Crippen LogP contribution >= 0.6 is 11.6 Å². The summed E-state index contributed by atoms with van der Waals surface area (Å²) in [5.74, 6) is -0.119. The monoisotopic (exact) mass is 466 g/mol. The summed E-state index contributed by atoms with van der Waals surface area (Å²) in [6, 6.07) is 18.2. The molecule has 0 aliphatic carbocycles. The number of aromatic nitrogens is 1. The quantitative estimate of drug-likeness (QED) is 0.378. The zero-order valence-electron chi connectivity index (χ0n) is 17.8. The number of anilines is 1. The molecule has 32 heavy (non-hydrogen) atoms. The molecule has 5 nitrogen and oxygen atoms in total. The molecule has 0 unspecified atom stereocenters. The number of carbonyl (C=O) groups is 1. The van der Waals surface area contributed by atoms with Crippen LogP contribution in [0.1, 0.15) is 18.1 Å². The van der Waals surface area contributed by atoms with Crippen molar-refractivity contribution in [1.29, 1.82) is 0 Å². The highest BCUT2D eigenvalue weighted by Gasteiger charge is 2.13. The standard InChI is InChI=1S/C25H23ClN2O3S/c1-3-32(30,31)19-10-7-17(8-11-19)14-24(29)28-18-9-12-20(16(2)13-18)21-5-4-6-23-25(21)22(26)15-27-23/h4-13,15,27H,3,14H2,1-2H3,(H,28,29). The molecule has 0 atom stereocenters. The van der Waals surface area contributed by atoms with E-state index in [0.717, 1.165) is 33.2 Å². The smallest absolute Gasteiger partial charge is 0.228 e. The van der Waals surface area contributed by atoms with E-state index in [2.05, 4.69) is 10.3 Å². The van der Waals surface area contributed by atoms with Crippen molar-refractivity contribution in [1.82, 2.24) is 4.98 Å². The fourth-order valence-electron chi connectivity index (χ4n) is 3.78. The lowest BCUT2D eigenvalue weighted by Gasteiger charge is -2.12. The first kappa shape index (κ1) is 22.1. The van der Waals surface area contributed by atoms with Crippen LogP contribution in [0.3, 0.4) is 0 Å². The highest BCUT2D eigenvalue weighted by molar-refractivity contribution is 7.91. The number of H-pyrrole nitrogens is 1. The van der Waals surface area contributed by atoms with Gasteiger partial charge in [-0.2, -0.15) is 0 Å². The number of carbonyl (C=O) groups excluding carboxylic acids is 1. The first-order chi connectivity index (χ1) is 15.3. The van der Waals surface area contributed by atoms with Crippen molar-refractivity contribution in [2.75, 3.05) is 11.1 Å². The van der Waals surface area contributed by atoms with E-state index in [-0.39, 0.29) is 23.0 Å². The van der Waals surface area contributed by atoms with Gasteiger partial charge in [-0.15, -0.1) is 0 Å². The zero-order chi connectivity index (χ0) is 22.9. The number of nitrogens with one attached hydrogen (secondary N) is 2. The molecule has 0 fully saturated rings. The summed E-state index contributed by atoms with van der Waals surface area (Å²) >= 11 is 6.38. The summed E-state index contributed by atoms with van der Waals surface area (Å²) in [7, 11) is -3.25. The van der Waals surface area contributed by atoms with Gasteiger partial charge in [0.2, 0.25) is 5.91 Å². The third kappa shape index (κ3) is 4.42. The topological polar surface area (TPSA) is 79.0 Å². The van der Waals surface area contributed by atoms with Crippen molar-refractivity contribution in [3.05, 3.63) is 83.0 Å². The highest BCUT2D eigenvalue weighted by atomic mass is 35.5. The minimum Gasteiger partial charge on any atom is -0.360 e. The first-order valence-corrected chi connectivity index (χ1v) is 12.3. The predicted molar refractivity (Wildman–Crippen MR) is 130 cm³/mol. The van der Waals surface area contributed by atoms with Crippen LogP contribution < -0.4 is 5.32 Å². The number of rotatable bonds is 6. The minimum atomic E-state index is -3.25. The Morgan fingerprint density at radius 1 is 1.03 bits per heavy atom. The molecule has 3 aromatic carbocycles. The SMILES string of the molecule is CCS(=O)(=O)c1ccc(CC(=O)Nc2ccc(-c3cccc4[nH]cc(Cl)c34)c(C)c2)cc1. The van der Waals surface area contributed by atoms with Crippen LogP contribution in [0.4, 0.5) is 5.69 Å². The molecule has 1 aromatic heterocycles. The lowest BCUT2D eigenvalue weighted by molar-refractivity contribution is -0.115. The van der Waals surface area contributed by atoms with E-state index in [1.54, 1.807) is 37.4 Å². The van der Waals surface area contributed by atoms with Gasteiger partial charge in [0.15, 0.2) is 9.84 Å². The summed E-state index contributed by atoms with van der Waals surface area (Å²) < 4.78 is 23.8. The maximum Gasteiger partial charge on any atom is 0.228 e. The van der Waals surface area contributed by atoms with Crippen molar-refractivity contribution >= 4 is 43.9 Å². The number of aromatic amines is 1. The molecule has 0 saturated heterocycles. The molecule has 0 aliphatic heterocycles. The van der Waals surface area contributed by atoms with Crippen molar-refractivity contribution in [2.24, 2.45) is 0 Å². The van der Waals surface area contributed by atoms with E-state index in [4.69, 9.17) is 11.6 Å². The molecule has 1 amide bonds. The van der Waals surface area contributed by atoms with Crippen molar-refractivity contribution < 1.29 is 13.2 Å².